The maximum Gasteiger partial charge on any atom is 0.199 e. The Bertz CT molecular complexity index is 1640. The molecule has 37 heavy (non-hydrogen) atoms. The Morgan fingerprint density at radius 3 is 2.70 bits per heavy atom. The fourth-order valence-electron chi connectivity index (χ4n) is 4.18. The van der Waals surface area contributed by atoms with E-state index in [9.17, 15) is 14.8 Å². The maximum atomic E-state index is 15.0. The van der Waals surface area contributed by atoms with Gasteiger partial charge in [-0.3, -0.25) is 0 Å². The Hall–Kier alpha value is -4.79. The number of halogens is 1. The predicted octanol–water partition coefficient (Wildman–Crippen LogP) is 2.98. The Balaban J connectivity index is 1.75. The van der Waals surface area contributed by atoms with Gasteiger partial charge in [0, 0.05) is 23.9 Å². The zero-order valence-electron chi connectivity index (χ0n) is 20.0. The van der Waals surface area contributed by atoms with Crippen molar-refractivity contribution in [1.29, 1.82) is 5.26 Å². The van der Waals surface area contributed by atoms with Gasteiger partial charge in [0.15, 0.2) is 17.3 Å². The van der Waals surface area contributed by atoms with E-state index in [-0.39, 0.29) is 22.9 Å². The first-order valence-corrected chi connectivity index (χ1v) is 11.3. The van der Waals surface area contributed by atoms with Gasteiger partial charge in [0.1, 0.15) is 29.6 Å². The SMILES string of the molecule is CN(C)Cc1cccc(F)c1C(O)c1nc2c(N)nc(-c3cccc(C#N)c3)c(-c3ccncn3)n2n1. The summed E-state index contributed by atoms with van der Waals surface area (Å²) in [5.41, 5.74) is 9.51. The van der Waals surface area contributed by atoms with Gasteiger partial charge in [-0.15, -0.1) is 5.10 Å². The van der Waals surface area contributed by atoms with Crippen LogP contribution in [0.3, 0.4) is 0 Å². The largest absolute Gasteiger partial charge is 0.381 e. The minimum Gasteiger partial charge on any atom is -0.381 e. The minimum absolute atomic E-state index is 0.0446. The van der Waals surface area contributed by atoms with Crippen molar-refractivity contribution in [2.75, 3.05) is 19.8 Å². The van der Waals surface area contributed by atoms with Gasteiger partial charge in [-0.1, -0.05) is 24.3 Å². The van der Waals surface area contributed by atoms with Crippen molar-refractivity contribution < 1.29 is 9.50 Å². The molecule has 1 unspecified atom stereocenters. The summed E-state index contributed by atoms with van der Waals surface area (Å²) in [5.74, 6) is -0.568. The molecule has 0 fully saturated rings. The van der Waals surface area contributed by atoms with Crippen LogP contribution < -0.4 is 5.73 Å². The molecular formula is C26H22FN9O. The molecule has 0 aliphatic heterocycles. The lowest BCUT2D eigenvalue weighted by atomic mass is 10.0. The van der Waals surface area contributed by atoms with E-state index in [0.29, 0.717) is 40.3 Å². The first-order valence-electron chi connectivity index (χ1n) is 11.3. The highest BCUT2D eigenvalue weighted by Crippen LogP contribution is 2.34. The zero-order valence-corrected chi connectivity index (χ0v) is 20.0. The fraction of sp³-hybridized carbons (Fsp3) is 0.154. The van der Waals surface area contributed by atoms with Crippen LogP contribution in [0.15, 0.2) is 61.1 Å². The van der Waals surface area contributed by atoms with Crippen molar-refractivity contribution in [3.05, 3.63) is 89.4 Å². The number of nitrogen functional groups attached to an aromatic ring is 1. The van der Waals surface area contributed by atoms with Gasteiger partial charge in [-0.2, -0.15) is 5.26 Å². The quantitative estimate of drug-likeness (QED) is 0.363. The molecule has 0 amide bonds. The molecule has 184 valence electrons. The van der Waals surface area contributed by atoms with E-state index in [1.807, 2.05) is 19.0 Å². The van der Waals surface area contributed by atoms with Gasteiger partial charge in [-0.05, 0) is 43.9 Å². The summed E-state index contributed by atoms with van der Waals surface area (Å²) in [7, 11) is 3.71. The molecule has 11 heteroatoms. The molecule has 0 aliphatic rings. The lowest BCUT2D eigenvalue weighted by Gasteiger charge is -2.17. The van der Waals surface area contributed by atoms with Crippen molar-refractivity contribution in [3.8, 4) is 28.7 Å². The number of aromatic nitrogens is 6. The van der Waals surface area contributed by atoms with Crippen LogP contribution in [0.4, 0.5) is 10.2 Å². The van der Waals surface area contributed by atoms with Gasteiger partial charge >= 0.3 is 0 Å². The smallest absolute Gasteiger partial charge is 0.199 e. The number of rotatable bonds is 6. The number of hydrogen-bond acceptors (Lipinski definition) is 9. The number of anilines is 1. The number of nitriles is 1. The van der Waals surface area contributed by atoms with Crippen LogP contribution in [0.25, 0.3) is 28.3 Å². The third-order valence-electron chi connectivity index (χ3n) is 5.76. The van der Waals surface area contributed by atoms with E-state index < -0.39 is 11.9 Å². The summed E-state index contributed by atoms with van der Waals surface area (Å²) in [6.45, 7) is 0.410. The van der Waals surface area contributed by atoms with Crippen LogP contribution in [-0.4, -0.2) is 53.7 Å². The van der Waals surface area contributed by atoms with Crippen LogP contribution in [0.1, 0.15) is 28.6 Å². The lowest BCUT2D eigenvalue weighted by molar-refractivity contribution is 0.202. The standard InChI is InChI=1S/C26H22FN9O/c1-35(2)13-17-7-4-8-18(27)20(17)23(37)25-33-26-24(29)32-21(16-6-3-5-15(11-16)12-28)22(36(26)34-25)19-9-10-30-14-31-19/h3-11,14,23,37H,13H2,1-2H3,(H2,29,32). The van der Waals surface area contributed by atoms with Gasteiger partial charge in [-0.25, -0.2) is 28.8 Å². The van der Waals surface area contributed by atoms with E-state index in [0.717, 1.165) is 0 Å². The Morgan fingerprint density at radius 1 is 1.16 bits per heavy atom. The summed E-state index contributed by atoms with van der Waals surface area (Å²) in [6, 6.07) is 15.3. The van der Waals surface area contributed by atoms with E-state index in [4.69, 9.17) is 5.73 Å². The Labute approximate surface area is 211 Å². The number of aliphatic hydroxyl groups is 1. The third-order valence-corrected chi connectivity index (χ3v) is 5.76. The van der Waals surface area contributed by atoms with E-state index in [2.05, 4.69) is 31.1 Å². The third kappa shape index (κ3) is 4.47. The molecule has 0 saturated carbocycles. The molecule has 0 radical (unpaired) electrons. The number of benzene rings is 2. The van der Waals surface area contributed by atoms with Gasteiger partial charge < -0.3 is 15.7 Å². The highest BCUT2D eigenvalue weighted by Gasteiger charge is 2.26. The molecule has 3 aromatic heterocycles. The summed E-state index contributed by atoms with van der Waals surface area (Å²) in [5, 5.41) is 25.2. The molecule has 0 spiro atoms. The van der Waals surface area contributed by atoms with Gasteiger partial charge in [0.05, 0.1) is 17.3 Å². The van der Waals surface area contributed by atoms with Crippen molar-refractivity contribution in [2.24, 2.45) is 0 Å². The molecule has 3 N–H and O–H groups in total. The van der Waals surface area contributed by atoms with E-state index in [1.165, 1.54) is 16.9 Å². The van der Waals surface area contributed by atoms with Crippen molar-refractivity contribution in [2.45, 2.75) is 12.6 Å². The molecule has 0 bridgehead atoms. The monoisotopic (exact) mass is 495 g/mol. The minimum atomic E-state index is -1.46. The summed E-state index contributed by atoms with van der Waals surface area (Å²) >= 11 is 0. The molecule has 2 aromatic carbocycles. The Morgan fingerprint density at radius 2 is 1.97 bits per heavy atom. The highest BCUT2D eigenvalue weighted by molar-refractivity contribution is 5.81. The molecule has 3 heterocycles. The van der Waals surface area contributed by atoms with Gasteiger partial charge in [0.2, 0.25) is 0 Å². The number of nitrogens with two attached hydrogens (primary N) is 1. The van der Waals surface area contributed by atoms with Crippen LogP contribution in [0, 0.1) is 17.1 Å². The second-order valence-corrected chi connectivity index (χ2v) is 8.64. The highest BCUT2D eigenvalue weighted by atomic mass is 19.1. The number of nitrogens with zero attached hydrogens (tertiary/aromatic N) is 8. The molecule has 1 atom stereocenters. The number of aliphatic hydroxyl groups excluding tert-OH is 1. The normalized spacial score (nSPS) is 12.1. The maximum absolute atomic E-state index is 15.0. The van der Waals surface area contributed by atoms with Crippen molar-refractivity contribution in [3.63, 3.8) is 0 Å². The van der Waals surface area contributed by atoms with Crippen LogP contribution in [-0.2, 0) is 6.54 Å². The molecule has 0 saturated heterocycles. The number of fused-ring (bicyclic) bond motifs is 1. The van der Waals surface area contributed by atoms with Crippen molar-refractivity contribution >= 4 is 11.5 Å². The molecule has 5 rings (SSSR count). The number of hydrogen-bond donors (Lipinski definition) is 2. The van der Waals surface area contributed by atoms with E-state index in [1.54, 1.807) is 48.7 Å². The molecule has 0 aliphatic carbocycles. The topological polar surface area (TPSA) is 142 Å². The fourth-order valence-corrected chi connectivity index (χ4v) is 4.18. The average Bonchev–Trinajstić information content (AvgIpc) is 3.35. The van der Waals surface area contributed by atoms with Crippen LogP contribution in [0.2, 0.25) is 0 Å². The van der Waals surface area contributed by atoms with E-state index >= 15 is 0 Å². The summed E-state index contributed by atoms with van der Waals surface area (Å²) < 4.78 is 16.4. The molecule has 10 nitrogen and oxygen atoms in total. The van der Waals surface area contributed by atoms with Crippen molar-refractivity contribution in [1.82, 2.24) is 34.4 Å². The molecular weight excluding hydrogens is 473 g/mol. The first-order chi connectivity index (χ1) is 17.9. The van der Waals surface area contributed by atoms with Crippen LogP contribution in [0.5, 0.6) is 0 Å². The second-order valence-electron chi connectivity index (χ2n) is 8.64. The predicted molar refractivity (Wildman–Crippen MR) is 134 cm³/mol. The molecule has 5 aromatic rings. The van der Waals surface area contributed by atoms with Crippen LogP contribution >= 0.6 is 0 Å². The Kier molecular flexibility index (Phi) is 6.27. The average molecular weight is 496 g/mol. The second kappa shape index (κ2) is 9.69. The lowest BCUT2D eigenvalue weighted by Crippen LogP contribution is -2.16. The first kappa shape index (κ1) is 23.9. The summed E-state index contributed by atoms with van der Waals surface area (Å²) in [4.78, 5) is 19.2. The summed E-state index contributed by atoms with van der Waals surface area (Å²) in [6.07, 6.45) is 1.49. The van der Waals surface area contributed by atoms with Gasteiger partial charge in [0.25, 0.3) is 0 Å². The zero-order chi connectivity index (χ0) is 26.1.